The highest BCUT2D eigenvalue weighted by Crippen LogP contribution is 2.18. The zero-order chi connectivity index (χ0) is 12.5. The number of rotatable bonds is 4. The van der Waals surface area contributed by atoms with E-state index < -0.39 is 10.0 Å². The minimum absolute atomic E-state index is 0.187. The van der Waals surface area contributed by atoms with E-state index in [0.717, 1.165) is 0 Å². The first-order valence-corrected chi connectivity index (χ1v) is 6.44. The number of hydrogen-bond donors (Lipinski definition) is 1. The molecule has 0 aliphatic heterocycles. The molecule has 2 heterocycles. The van der Waals surface area contributed by atoms with Crippen LogP contribution in [0.15, 0.2) is 33.9 Å². The van der Waals surface area contributed by atoms with Crippen molar-refractivity contribution in [3.63, 3.8) is 0 Å². The lowest BCUT2D eigenvalue weighted by molar-refractivity contribution is 0.406. The lowest BCUT2D eigenvalue weighted by Gasteiger charge is -2.14. The minimum atomic E-state index is -3.52. The minimum Gasteiger partial charge on any atom is -0.468 e. The molecule has 0 bridgehead atoms. The standard InChI is InChI=1S/C10H13N3O3S/c1-8-10(6-11-12-8)17(14,15)13(2)7-9-4-3-5-16-9/h3-6H,7H2,1-2H3,(H,11,12). The first kappa shape index (κ1) is 11.9. The van der Waals surface area contributed by atoms with Crippen molar-refractivity contribution in [3.05, 3.63) is 36.0 Å². The molecule has 0 atom stereocenters. The Morgan fingerprint density at radius 2 is 2.29 bits per heavy atom. The highest BCUT2D eigenvalue weighted by atomic mass is 32.2. The summed E-state index contributed by atoms with van der Waals surface area (Å²) in [6.07, 6.45) is 2.82. The molecule has 0 fully saturated rings. The summed E-state index contributed by atoms with van der Waals surface area (Å²) in [5.41, 5.74) is 0.524. The molecular weight excluding hydrogens is 242 g/mol. The third-order valence-electron chi connectivity index (χ3n) is 2.43. The highest BCUT2D eigenvalue weighted by Gasteiger charge is 2.24. The van der Waals surface area contributed by atoms with Gasteiger partial charge in [0.15, 0.2) is 0 Å². The second kappa shape index (κ2) is 4.34. The van der Waals surface area contributed by atoms with E-state index in [-0.39, 0.29) is 11.4 Å². The zero-order valence-electron chi connectivity index (χ0n) is 9.54. The van der Waals surface area contributed by atoms with Gasteiger partial charge in [-0.05, 0) is 19.1 Å². The fourth-order valence-electron chi connectivity index (χ4n) is 1.47. The summed E-state index contributed by atoms with van der Waals surface area (Å²) in [5.74, 6) is 0.595. The van der Waals surface area contributed by atoms with Crippen molar-refractivity contribution in [2.45, 2.75) is 18.4 Å². The fraction of sp³-hybridized carbons (Fsp3) is 0.300. The van der Waals surface area contributed by atoms with E-state index in [1.54, 1.807) is 19.1 Å². The van der Waals surface area contributed by atoms with Crippen LogP contribution in [0.2, 0.25) is 0 Å². The molecule has 2 rings (SSSR count). The largest absolute Gasteiger partial charge is 0.468 e. The first-order chi connectivity index (χ1) is 8.01. The quantitative estimate of drug-likeness (QED) is 0.888. The normalized spacial score (nSPS) is 12.2. The number of nitrogens with zero attached hydrogens (tertiary/aromatic N) is 2. The average molecular weight is 255 g/mol. The molecule has 6 nitrogen and oxygen atoms in total. The predicted octanol–water partition coefficient (Wildman–Crippen LogP) is 1.13. The van der Waals surface area contributed by atoms with E-state index in [9.17, 15) is 8.42 Å². The number of aromatic nitrogens is 2. The van der Waals surface area contributed by atoms with Gasteiger partial charge in [0.2, 0.25) is 10.0 Å². The number of H-pyrrole nitrogens is 1. The Labute approximate surface area is 99.3 Å². The maximum atomic E-state index is 12.2. The fourth-order valence-corrected chi connectivity index (χ4v) is 2.73. The predicted molar refractivity (Wildman–Crippen MR) is 60.7 cm³/mol. The van der Waals surface area contributed by atoms with Crippen LogP contribution in [0.25, 0.3) is 0 Å². The molecule has 0 saturated heterocycles. The van der Waals surface area contributed by atoms with Crippen LogP contribution >= 0.6 is 0 Å². The smallest absolute Gasteiger partial charge is 0.246 e. The van der Waals surface area contributed by atoms with Crippen LogP contribution in [0.1, 0.15) is 11.5 Å². The van der Waals surface area contributed by atoms with Crippen LogP contribution in [-0.2, 0) is 16.6 Å². The number of hydrogen-bond acceptors (Lipinski definition) is 4. The summed E-state index contributed by atoms with van der Waals surface area (Å²) >= 11 is 0. The lowest BCUT2D eigenvalue weighted by Crippen LogP contribution is -2.26. The van der Waals surface area contributed by atoms with E-state index in [1.165, 1.54) is 23.8 Å². The second-order valence-corrected chi connectivity index (χ2v) is 5.71. The maximum Gasteiger partial charge on any atom is 0.246 e. The van der Waals surface area contributed by atoms with E-state index in [4.69, 9.17) is 4.42 Å². The average Bonchev–Trinajstić information content (AvgIpc) is 2.89. The molecule has 1 N–H and O–H groups in total. The zero-order valence-corrected chi connectivity index (χ0v) is 10.4. The van der Waals surface area contributed by atoms with Crippen molar-refractivity contribution in [2.75, 3.05) is 7.05 Å². The maximum absolute atomic E-state index is 12.2. The van der Waals surface area contributed by atoms with Gasteiger partial charge in [0.05, 0.1) is 24.7 Å². The molecule has 7 heteroatoms. The summed E-state index contributed by atoms with van der Waals surface area (Å²) in [6, 6.07) is 3.45. The summed E-state index contributed by atoms with van der Waals surface area (Å²) in [5, 5.41) is 6.32. The van der Waals surface area contributed by atoms with Crippen LogP contribution in [0.3, 0.4) is 0 Å². The Kier molecular flexibility index (Phi) is 3.03. The first-order valence-electron chi connectivity index (χ1n) is 5.00. The molecular formula is C10H13N3O3S. The molecule has 0 spiro atoms. The van der Waals surface area contributed by atoms with Crippen molar-refractivity contribution in [1.82, 2.24) is 14.5 Å². The van der Waals surface area contributed by atoms with Crippen LogP contribution in [0.5, 0.6) is 0 Å². The molecule has 0 unspecified atom stereocenters. The van der Waals surface area contributed by atoms with Gasteiger partial charge in [0, 0.05) is 7.05 Å². The van der Waals surface area contributed by atoms with Crippen molar-refractivity contribution in [1.29, 1.82) is 0 Å². The SMILES string of the molecule is Cc1[nH]ncc1S(=O)(=O)N(C)Cc1ccco1. The van der Waals surface area contributed by atoms with Crippen LogP contribution in [0.4, 0.5) is 0 Å². The lowest BCUT2D eigenvalue weighted by atomic mass is 10.4. The number of sulfonamides is 1. The Hall–Kier alpha value is -1.60. The van der Waals surface area contributed by atoms with Gasteiger partial charge in [-0.25, -0.2) is 8.42 Å². The Morgan fingerprint density at radius 1 is 1.53 bits per heavy atom. The summed E-state index contributed by atoms with van der Waals surface area (Å²) in [6.45, 7) is 1.86. The molecule has 0 aromatic carbocycles. The number of aromatic amines is 1. The third kappa shape index (κ3) is 2.25. The Bertz CT molecular complexity index is 586. The molecule has 0 amide bonds. The second-order valence-electron chi connectivity index (χ2n) is 3.70. The molecule has 0 aliphatic rings. The molecule has 0 radical (unpaired) electrons. The highest BCUT2D eigenvalue weighted by molar-refractivity contribution is 7.89. The number of aryl methyl sites for hydroxylation is 1. The van der Waals surface area contributed by atoms with Crippen LogP contribution in [-0.4, -0.2) is 30.0 Å². The van der Waals surface area contributed by atoms with Gasteiger partial charge in [-0.15, -0.1) is 0 Å². The van der Waals surface area contributed by atoms with Gasteiger partial charge in [-0.1, -0.05) is 0 Å². The molecule has 0 aliphatic carbocycles. The van der Waals surface area contributed by atoms with Gasteiger partial charge in [-0.2, -0.15) is 9.40 Å². The Morgan fingerprint density at radius 3 is 2.82 bits per heavy atom. The van der Waals surface area contributed by atoms with Crippen molar-refractivity contribution >= 4 is 10.0 Å². The van der Waals surface area contributed by atoms with Gasteiger partial charge in [-0.3, -0.25) is 5.10 Å². The Balaban J connectivity index is 2.25. The molecule has 2 aromatic heterocycles. The van der Waals surface area contributed by atoms with Crippen molar-refractivity contribution in [3.8, 4) is 0 Å². The molecule has 17 heavy (non-hydrogen) atoms. The van der Waals surface area contributed by atoms with Gasteiger partial charge < -0.3 is 4.42 Å². The monoisotopic (exact) mass is 255 g/mol. The van der Waals surface area contributed by atoms with Crippen molar-refractivity contribution < 1.29 is 12.8 Å². The number of nitrogens with one attached hydrogen (secondary N) is 1. The molecule has 92 valence electrons. The van der Waals surface area contributed by atoms with Gasteiger partial charge in [0.1, 0.15) is 10.7 Å². The summed E-state index contributed by atoms with van der Waals surface area (Å²) < 4.78 is 30.7. The van der Waals surface area contributed by atoms with E-state index in [2.05, 4.69) is 10.2 Å². The van der Waals surface area contributed by atoms with E-state index in [0.29, 0.717) is 11.5 Å². The van der Waals surface area contributed by atoms with Crippen molar-refractivity contribution in [2.24, 2.45) is 0 Å². The summed E-state index contributed by atoms with van der Waals surface area (Å²) in [7, 11) is -2.02. The van der Waals surface area contributed by atoms with Gasteiger partial charge >= 0.3 is 0 Å². The van der Waals surface area contributed by atoms with Crippen LogP contribution in [0, 0.1) is 6.92 Å². The number of furan rings is 1. The third-order valence-corrected chi connectivity index (χ3v) is 4.35. The molecule has 2 aromatic rings. The van der Waals surface area contributed by atoms with E-state index >= 15 is 0 Å². The van der Waals surface area contributed by atoms with Crippen LogP contribution < -0.4 is 0 Å². The summed E-state index contributed by atoms with van der Waals surface area (Å²) in [4.78, 5) is 0.187. The van der Waals surface area contributed by atoms with E-state index in [1.807, 2.05) is 0 Å². The topological polar surface area (TPSA) is 79.2 Å². The van der Waals surface area contributed by atoms with Gasteiger partial charge in [0.25, 0.3) is 0 Å². The molecule has 0 saturated carbocycles.